The van der Waals surface area contributed by atoms with E-state index >= 15 is 0 Å². The van der Waals surface area contributed by atoms with Crippen LogP contribution in [0.25, 0.3) is 0 Å². The normalized spacial score (nSPS) is 17.0. The minimum atomic E-state index is -0.984. The van der Waals surface area contributed by atoms with Crippen molar-refractivity contribution < 1.29 is 14.7 Å². The molecule has 3 N–H and O–H groups in total. The first-order chi connectivity index (χ1) is 8.79. The Balaban J connectivity index is 2.07. The molecule has 0 radical (unpaired) electrons. The smallest absolute Gasteiger partial charge is 0.326 e. The molecule has 1 aromatic rings. The lowest BCUT2D eigenvalue weighted by atomic mass is 9.92. The van der Waals surface area contributed by atoms with Crippen LogP contribution in [0, 0.1) is 5.92 Å². The molecular formula is C13H19N3O3. The molecule has 2 rings (SSSR count). The summed E-state index contributed by atoms with van der Waals surface area (Å²) in [6.45, 7) is 6.02. The van der Waals surface area contributed by atoms with Gasteiger partial charge in [-0.05, 0) is 24.8 Å². The van der Waals surface area contributed by atoms with Crippen molar-refractivity contribution in [1.29, 1.82) is 0 Å². The number of nitrogens with zero attached hydrogens (tertiary/aromatic N) is 1. The summed E-state index contributed by atoms with van der Waals surface area (Å²) in [5.41, 5.74) is 0.946. The first kappa shape index (κ1) is 13.6. The van der Waals surface area contributed by atoms with Gasteiger partial charge in [-0.25, -0.2) is 4.79 Å². The fraction of sp³-hybridized carbons (Fsp3) is 0.615. The van der Waals surface area contributed by atoms with E-state index in [1.54, 1.807) is 6.07 Å². The van der Waals surface area contributed by atoms with Gasteiger partial charge in [-0.3, -0.25) is 9.89 Å². The molecule has 1 fully saturated rings. The number of rotatable bonds is 4. The van der Waals surface area contributed by atoms with Crippen LogP contribution in [0.2, 0.25) is 0 Å². The van der Waals surface area contributed by atoms with E-state index in [9.17, 15) is 9.59 Å². The number of nitrogens with one attached hydrogen (secondary N) is 2. The van der Waals surface area contributed by atoms with Gasteiger partial charge >= 0.3 is 5.97 Å². The number of carbonyl (C=O) groups excluding carboxylic acids is 1. The van der Waals surface area contributed by atoms with Gasteiger partial charge in [0.05, 0.1) is 0 Å². The average Bonchev–Trinajstić information content (AvgIpc) is 2.98. The molecule has 19 heavy (non-hydrogen) atoms. The Hall–Kier alpha value is -1.85. The highest BCUT2D eigenvalue weighted by atomic mass is 16.4. The minimum Gasteiger partial charge on any atom is -0.480 e. The number of hydrogen-bond acceptors (Lipinski definition) is 3. The van der Waals surface area contributed by atoms with E-state index in [1.165, 1.54) is 0 Å². The highest BCUT2D eigenvalue weighted by Gasteiger charge is 2.37. The predicted molar refractivity (Wildman–Crippen MR) is 68.9 cm³/mol. The Morgan fingerprint density at radius 2 is 2.11 bits per heavy atom. The molecule has 104 valence electrons. The first-order valence-electron chi connectivity index (χ1n) is 6.38. The van der Waals surface area contributed by atoms with Crippen LogP contribution in [0.3, 0.4) is 0 Å². The van der Waals surface area contributed by atoms with Crippen LogP contribution in [-0.4, -0.2) is 33.2 Å². The molecule has 0 spiro atoms. The molecule has 0 bridgehead atoms. The topological polar surface area (TPSA) is 95.1 Å². The molecular weight excluding hydrogens is 246 g/mol. The molecule has 1 aromatic heterocycles. The maximum atomic E-state index is 12.0. The van der Waals surface area contributed by atoms with E-state index in [0.29, 0.717) is 0 Å². The third kappa shape index (κ3) is 3.13. The van der Waals surface area contributed by atoms with E-state index < -0.39 is 17.9 Å². The van der Waals surface area contributed by atoms with Crippen molar-refractivity contribution in [2.75, 3.05) is 0 Å². The number of aliphatic carboxylic acids is 1. The van der Waals surface area contributed by atoms with E-state index in [1.807, 2.05) is 20.8 Å². The molecule has 1 unspecified atom stereocenters. The van der Waals surface area contributed by atoms with E-state index in [2.05, 4.69) is 15.5 Å². The molecule has 1 aliphatic carbocycles. The van der Waals surface area contributed by atoms with Crippen LogP contribution in [-0.2, 0) is 10.2 Å². The van der Waals surface area contributed by atoms with Gasteiger partial charge in [0.25, 0.3) is 5.91 Å². The highest BCUT2D eigenvalue weighted by Crippen LogP contribution is 2.32. The van der Waals surface area contributed by atoms with Crippen LogP contribution in [0.15, 0.2) is 6.07 Å². The van der Waals surface area contributed by atoms with Crippen LogP contribution >= 0.6 is 0 Å². The third-order valence-electron chi connectivity index (χ3n) is 3.26. The van der Waals surface area contributed by atoms with Gasteiger partial charge in [0.15, 0.2) is 0 Å². The van der Waals surface area contributed by atoms with Crippen molar-refractivity contribution in [3.8, 4) is 0 Å². The summed E-state index contributed by atoms with van der Waals surface area (Å²) < 4.78 is 0. The summed E-state index contributed by atoms with van der Waals surface area (Å²) in [4.78, 5) is 23.0. The Labute approximate surface area is 111 Å². The Morgan fingerprint density at radius 1 is 1.47 bits per heavy atom. The summed E-state index contributed by atoms with van der Waals surface area (Å²) in [6, 6.07) is 0.864. The maximum absolute atomic E-state index is 12.0. The van der Waals surface area contributed by atoms with Crippen LogP contribution in [0.1, 0.15) is 49.8 Å². The number of carboxylic acids is 1. The number of carboxylic acid groups (broad SMARTS) is 1. The lowest BCUT2D eigenvalue weighted by Gasteiger charge is -2.14. The average molecular weight is 265 g/mol. The maximum Gasteiger partial charge on any atom is 0.326 e. The lowest BCUT2D eigenvalue weighted by Crippen LogP contribution is -2.42. The summed E-state index contributed by atoms with van der Waals surface area (Å²) in [5.74, 6) is -1.36. The molecule has 1 heterocycles. The van der Waals surface area contributed by atoms with Gasteiger partial charge in [0.2, 0.25) is 0 Å². The quantitative estimate of drug-likeness (QED) is 0.764. The number of aromatic nitrogens is 2. The van der Waals surface area contributed by atoms with Crippen LogP contribution in [0.4, 0.5) is 0 Å². The van der Waals surface area contributed by atoms with Crippen molar-refractivity contribution >= 4 is 11.9 Å². The van der Waals surface area contributed by atoms with Crippen molar-refractivity contribution in [2.45, 2.75) is 45.1 Å². The Kier molecular flexibility index (Phi) is 3.34. The van der Waals surface area contributed by atoms with Gasteiger partial charge in [-0.1, -0.05) is 20.8 Å². The Bertz CT molecular complexity index is 497. The molecule has 1 atom stereocenters. The summed E-state index contributed by atoms with van der Waals surface area (Å²) >= 11 is 0. The molecule has 0 saturated heterocycles. The van der Waals surface area contributed by atoms with Gasteiger partial charge in [0.1, 0.15) is 11.7 Å². The number of carbonyl (C=O) groups is 2. The second kappa shape index (κ2) is 4.68. The van der Waals surface area contributed by atoms with Gasteiger partial charge in [0, 0.05) is 11.1 Å². The van der Waals surface area contributed by atoms with Gasteiger partial charge in [-0.15, -0.1) is 0 Å². The summed E-state index contributed by atoms with van der Waals surface area (Å²) in [6.07, 6.45) is 1.70. The number of H-pyrrole nitrogens is 1. The highest BCUT2D eigenvalue weighted by molar-refractivity contribution is 5.95. The second-order valence-electron chi connectivity index (χ2n) is 6.04. The SMILES string of the molecule is CC(C)(C)c1cc(C(=O)NC(C(=O)O)C2CC2)n[nH]1. The molecule has 0 aliphatic heterocycles. The molecule has 1 saturated carbocycles. The fourth-order valence-corrected chi connectivity index (χ4v) is 1.85. The van der Waals surface area contributed by atoms with E-state index in [-0.39, 0.29) is 17.0 Å². The number of hydrogen-bond donors (Lipinski definition) is 3. The van der Waals surface area contributed by atoms with Crippen molar-refractivity contribution in [1.82, 2.24) is 15.5 Å². The zero-order chi connectivity index (χ0) is 14.2. The summed E-state index contributed by atoms with van der Waals surface area (Å²) in [7, 11) is 0. The molecule has 1 amide bonds. The number of amides is 1. The lowest BCUT2D eigenvalue weighted by molar-refractivity contribution is -0.139. The first-order valence-corrected chi connectivity index (χ1v) is 6.38. The number of aromatic amines is 1. The van der Waals surface area contributed by atoms with Crippen LogP contribution < -0.4 is 5.32 Å². The molecule has 1 aliphatic rings. The van der Waals surface area contributed by atoms with Gasteiger partial charge in [-0.2, -0.15) is 5.10 Å². The Morgan fingerprint density at radius 3 is 2.53 bits per heavy atom. The van der Waals surface area contributed by atoms with Crippen molar-refractivity contribution in [3.63, 3.8) is 0 Å². The van der Waals surface area contributed by atoms with E-state index in [0.717, 1.165) is 18.5 Å². The van der Waals surface area contributed by atoms with Crippen molar-refractivity contribution in [3.05, 3.63) is 17.5 Å². The van der Waals surface area contributed by atoms with E-state index in [4.69, 9.17) is 5.11 Å². The monoisotopic (exact) mass is 265 g/mol. The minimum absolute atomic E-state index is 0.0579. The molecule has 6 heteroatoms. The fourth-order valence-electron chi connectivity index (χ4n) is 1.85. The second-order valence-corrected chi connectivity index (χ2v) is 6.04. The standard InChI is InChI=1S/C13H19N3O3/c1-13(2,3)9-6-8(15-16-9)11(17)14-10(12(18)19)7-4-5-7/h6-7,10H,4-5H2,1-3H3,(H,14,17)(H,15,16)(H,18,19). The van der Waals surface area contributed by atoms with Crippen molar-refractivity contribution in [2.24, 2.45) is 5.92 Å². The molecule has 0 aromatic carbocycles. The zero-order valence-electron chi connectivity index (χ0n) is 11.4. The van der Waals surface area contributed by atoms with Crippen LogP contribution in [0.5, 0.6) is 0 Å². The third-order valence-corrected chi connectivity index (χ3v) is 3.26. The largest absolute Gasteiger partial charge is 0.480 e. The predicted octanol–water partition coefficient (Wildman–Crippen LogP) is 1.30. The van der Waals surface area contributed by atoms with Gasteiger partial charge < -0.3 is 10.4 Å². The zero-order valence-corrected chi connectivity index (χ0v) is 11.4. The summed E-state index contributed by atoms with van der Waals surface area (Å²) in [5, 5.41) is 18.4. The molecule has 6 nitrogen and oxygen atoms in total.